The van der Waals surface area contributed by atoms with Crippen molar-refractivity contribution in [1.82, 2.24) is 0 Å². The Morgan fingerprint density at radius 1 is 1.35 bits per heavy atom. The van der Waals surface area contributed by atoms with Crippen LogP contribution in [0.3, 0.4) is 0 Å². The number of nitrogens with zero attached hydrogens (tertiary/aromatic N) is 1. The monoisotopic (exact) mass is 298 g/mol. The Bertz CT molecular complexity index is 564. The molecule has 1 heterocycles. The average molecular weight is 299 g/mol. The van der Waals surface area contributed by atoms with Crippen LogP contribution in [0.4, 0.5) is 11.4 Å². The van der Waals surface area contributed by atoms with Crippen molar-refractivity contribution in [3.8, 4) is 0 Å². The topological polar surface area (TPSA) is 125 Å². The number of hydrogen-bond donors (Lipinski definition) is 3. The van der Waals surface area contributed by atoms with Crippen LogP contribution < -0.4 is 22.1 Å². The number of hydrogen-bond acceptors (Lipinski definition) is 5. The fourth-order valence-corrected chi connectivity index (χ4v) is 2.54. The summed E-state index contributed by atoms with van der Waals surface area (Å²) in [5.74, 6) is -1.24. The second-order valence-corrected chi connectivity index (χ2v) is 4.86. The van der Waals surface area contributed by atoms with E-state index in [-0.39, 0.29) is 17.2 Å². The maximum Gasteiger partial charge on any atom is 0.250 e. The minimum absolute atomic E-state index is 0.133. The summed E-state index contributed by atoms with van der Waals surface area (Å²) in [6, 6.07) is 2.22. The second kappa shape index (κ2) is 5.56. The van der Waals surface area contributed by atoms with Crippen molar-refractivity contribution in [2.75, 3.05) is 30.4 Å². The number of nitrogens with two attached hydrogens (primary N) is 3. The molecule has 0 spiro atoms. The molecule has 7 nitrogen and oxygen atoms in total. The van der Waals surface area contributed by atoms with E-state index in [1.165, 1.54) is 12.1 Å². The molecule has 0 aliphatic carbocycles. The van der Waals surface area contributed by atoms with Crippen molar-refractivity contribution in [3.05, 3.63) is 22.7 Å². The molecule has 0 radical (unpaired) electrons. The van der Waals surface area contributed by atoms with Gasteiger partial charge in [0.15, 0.2) is 0 Å². The number of carbonyl (C=O) groups excluding carboxylic acids is 2. The number of morpholine rings is 1. The van der Waals surface area contributed by atoms with Crippen LogP contribution in [0.5, 0.6) is 0 Å². The third-order valence-corrected chi connectivity index (χ3v) is 3.38. The highest BCUT2D eigenvalue weighted by molar-refractivity contribution is 6.34. The van der Waals surface area contributed by atoms with Crippen LogP contribution in [0.1, 0.15) is 10.4 Å². The Morgan fingerprint density at radius 2 is 2.05 bits per heavy atom. The minimum Gasteiger partial charge on any atom is -0.399 e. The lowest BCUT2D eigenvalue weighted by molar-refractivity contribution is -0.121. The summed E-state index contributed by atoms with van der Waals surface area (Å²) in [7, 11) is 0. The molecule has 1 aliphatic heterocycles. The molecule has 2 amide bonds. The summed E-state index contributed by atoms with van der Waals surface area (Å²) in [4.78, 5) is 24.7. The van der Waals surface area contributed by atoms with Crippen LogP contribution in [0.15, 0.2) is 12.1 Å². The van der Waals surface area contributed by atoms with Gasteiger partial charge in [-0.3, -0.25) is 9.59 Å². The SMILES string of the molecule is NC(=O)c1cc(N)cc(Cl)c1N1CCOCC1C(N)=O. The Morgan fingerprint density at radius 3 is 2.65 bits per heavy atom. The molecule has 1 aromatic carbocycles. The molecule has 1 saturated heterocycles. The average Bonchev–Trinajstić information content (AvgIpc) is 2.37. The largest absolute Gasteiger partial charge is 0.399 e. The first-order valence-electron chi connectivity index (χ1n) is 5.94. The van der Waals surface area contributed by atoms with Gasteiger partial charge in [0, 0.05) is 12.2 Å². The molecule has 0 bridgehead atoms. The van der Waals surface area contributed by atoms with E-state index in [0.29, 0.717) is 24.5 Å². The maximum absolute atomic E-state index is 11.6. The van der Waals surface area contributed by atoms with Crippen molar-refractivity contribution in [3.63, 3.8) is 0 Å². The number of carbonyl (C=O) groups is 2. The Hall–Kier alpha value is -1.99. The molecule has 20 heavy (non-hydrogen) atoms. The van der Waals surface area contributed by atoms with Crippen LogP contribution >= 0.6 is 11.6 Å². The van der Waals surface area contributed by atoms with Crippen molar-refractivity contribution >= 4 is 34.8 Å². The van der Waals surface area contributed by atoms with Crippen molar-refractivity contribution in [1.29, 1.82) is 0 Å². The minimum atomic E-state index is -0.706. The van der Waals surface area contributed by atoms with Gasteiger partial charge in [-0.25, -0.2) is 0 Å². The predicted octanol–water partition coefficient (Wildman–Crippen LogP) is -0.288. The number of halogens is 1. The van der Waals surface area contributed by atoms with Crippen LogP contribution in [-0.2, 0) is 9.53 Å². The highest BCUT2D eigenvalue weighted by Gasteiger charge is 2.31. The fourth-order valence-electron chi connectivity index (χ4n) is 2.21. The van der Waals surface area contributed by atoms with E-state index in [0.717, 1.165) is 0 Å². The highest BCUT2D eigenvalue weighted by atomic mass is 35.5. The van der Waals surface area contributed by atoms with E-state index in [2.05, 4.69) is 0 Å². The van der Waals surface area contributed by atoms with Gasteiger partial charge in [0.05, 0.1) is 29.5 Å². The summed E-state index contributed by atoms with van der Waals surface area (Å²) in [5, 5.41) is 0.243. The summed E-state index contributed by atoms with van der Waals surface area (Å²) in [6.07, 6.45) is 0. The molecule has 0 aromatic heterocycles. The summed E-state index contributed by atoms with van der Waals surface area (Å²) >= 11 is 6.16. The number of anilines is 2. The van der Waals surface area contributed by atoms with Gasteiger partial charge in [0.2, 0.25) is 5.91 Å². The third kappa shape index (κ3) is 2.63. The maximum atomic E-state index is 11.6. The smallest absolute Gasteiger partial charge is 0.250 e. The van der Waals surface area contributed by atoms with Gasteiger partial charge in [-0.1, -0.05) is 11.6 Å². The van der Waals surface area contributed by atoms with Gasteiger partial charge in [0.1, 0.15) is 6.04 Å². The number of rotatable bonds is 3. The summed E-state index contributed by atoms with van der Waals surface area (Å²) in [5.41, 5.74) is 17.2. The standard InChI is InChI=1S/C12H15ClN4O3/c13-8-4-6(14)3-7(11(15)18)10(8)17-1-2-20-5-9(17)12(16)19/h3-4,9H,1-2,5,14H2,(H2,15,18)(H2,16,19). The van der Waals surface area contributed by atoms with Gasteiger partial charge < -0.3 is 26.8 Å². The highest BCUT2D eigenvalue weighted by Crippen LogP contribution is 2.34. The van der Waals surface area contributed by atoms with E-state index in [1.807, 2.05) is 0 Å². The van der Waals surface area contributed by atoms with Gasteiger partial charge in [-0.15, -0.1) is 0 Å². The van der Waals surface area contributed by atoms with Crippen LogP contribution in [0, 0.1) is 0 Å². The lowest BCUT2D eigenvalue weighted by Crippen LogP contribution is -2.53. The molecule has 2 rings (SSSR count). The first-order valence-corrected chi connectivity index (χ1v) is 6.32. The van der Waals surface area contributed by atoms with Crippen LogP contribution in [-0.4, -0.2) is 37.6 Å². The number of benzene rings is 1. The summed E-state index contributed by atoms with van der Waals surface area (Å²) < 4.78 is 5.23. The van der Waals surface area contributed by atoms with E-state index in [9.17, 15) is 9.59 Å². The van der Waals surface area contributed by atoms with Gasteiger partial charge in [-0.2, -0.15) is 0 Å². The summed E-state index contributed by atoms with van der Waals surface area (Å²) in [6.45, 7) is 0.897. The van der Waals surface area contributed by atoms with E-state index >= 15 is 0 Å². The lowest BCUT2D eigenvalue weighted by Gasteiger charge is -2.36. The fraction of sp³-hybridized carbons (Fsp3) is 0.333. The van der Waals surface area contributed by atoms with Gasteiger partial charge >= 0.3 is 0 Å². The first kappa shape index (κ1) is 14.4. The first-order chi connectivity index (χ1) is 9.41. The zero-order valence-corrected chi connectivity index (χ0v) is 11.4. The van der Waals surface area contributed by atoms with Crippen molar-refractivity contribution in [2.45, 2.75) is 6.04 Å². The molecule has 108 valence electrons. The molecular weight excluding hydrogens is 284 g/mol. The Balaban J connectivity index is 2.54. The van der Waals surface area contributed by atoms with Crippen LogP contribution in [0.2, 0.25) is 5.02 Å². The third-order valence-electron chi connectivity index (χ3n) is 3.10. The zero-order valence-electron chi connectivity index (χ0n) is 10.6. The molecule has 8 heteroatoms. The molecule has 1 aliphatic rings. The molecule has 1 unspecified atom stereocenters. The van der Waals surface area contributed by atoms with E-state index in [1.54, 1.807) is 4.90 Å². The Kier molecular flexibility index (Phi) is 4.01. The van der Waals surface area contributed by atoms with Gasteiger partial charge in [-0.05, 0) is 12.1 Å². The number of ether oxygens (including phenoxy) is 1. The normalized spacial score (nSPS) is 18.9. The number of amides is 2. The Labute approximate surface area is 120 Å². The van der Waals surface area contributed by atoms with E-state index in [4.69, 9.17) is 33.5 Å². The lowest BCUT2D eigenvalue weighted by atomic mass is 10.1. The van der Waals surface area contributed by atoms with Crippen LogP contribution in [0.25, 0.3) is 0 Å². The van der Waals surface area contributed by atoms with E-state index < -0.39 is 17.9 Å². The molecular formula is C12H15ClN4O3. The predicted molar refractivity (Wildman–Crippen MR) is 75.5 cm³/mol. The van der Waals surface area contributed by atoms with Crippen molar-refractivity contribution < 1.29 is 14.3 Å². The zero-order chi connectivity index (χ0) is 14.9. The van der Waals surface area contributed by atoms with Crippen molar-refractivity contribution in [2.24, 2.45) is 11.5 Å². The molecule has 0 saturated carbocycles. The number of primary amides is 2. The molecule has 1 atom stereocenters. The molecule has 6 N–H and O–H groups in total. The quantitative estimate of drug-likeness (QED) is 0.661. The molecule has 1 fully saturated rings. The number of nitrogen functional groups attached to an aromatic ring is 1. The van der Waals surface area contributed by atoms with Gasteiger partial charge in [0.25, 0.3) is 5.91 Å². The molecule has 1 aromatic rings. The second-order valence-electron chi connectivity index (χ2n) is 4.45.